The molecule has 0 spiro atoms. The zero-order valence-electron chi connectivity index (χ0n) is 4.44. The van der Waals surface area contributed by atoms with Gasteiger partial charge in [-0.1, -0.05) is 11.6 Å². The van der Waals surface area contributed by atoms with Crippen molar-refractivity contribution < 1.29 is 0 Å². The van der Waals surface area contributed by atoms with Crippen LogP contribution in [0.1, 0.15) is 5.56 Å². The third-order valence-corrected chi connectivity index (χ3v) is 2.47. The molecule has 0 fully saturated rings. The van der Waals surface area contributed by atoms with E-state index in [9.17, 15) is 0 Å². The number of anilines is 1. The maximum Gasteiger partial charge on any atom is 0.105 e. The second-order valence-corrected chi connectivity index (χ2v) is 2.89. The number of nitrogens with two attached hydrogens (primary N) is 1. The van der Waals surface area contributed by atoms with E-state index < -0.39 is 0 Å². The van der Waals surface area contributed by atoms with E-state index in [2.05, 4.69) is 0 Å². The molecule has 0 bridgehead atoms. The SMILES string of the molecule is Cc1csc(N)c1Cl. The van der Waals surface area contributed by atoms with Crippen molar-refractivity contribution in [2.75, 3.05) is 5.73 Å². The molecule has 0 aliphatic rings. The maximum atomic E-state index is 5.68. The highest BCUT2D eigenvalue weighted by Gasteiger charge is 1.99. The first-order valence-electron chi connectivity index (χ1n) is 2.21. The Morgan fingerprint density at radius 2 is 2.38 bits per heavy atom. The molecular formula is C5H6ClNS. The Morgan fingerprint density at radius 3 is 2.50 bits per heavy atom. The Kier molecular flexibility index (Phi) is 1.45. The predicted molar refractivity (Wildman–Crippen MR) is 38.5 cm³/mol. The van der Waals surface area contributed by atoms with E-state index in [4.69, 9.17) is 17.3 Å². The molecule has 0 unspecified atom stereocenters. The molecule has 0 amide bonds. The van der Waals surface area contributed by atoms with Gasteiger partial charge in [0.1, 0.15) is 5.00 Å². The lowest BCUT2D eigenvalue weighted by Gasteiger charge is -1.83. The van der Waals surface area contributed by atoms with E-state index in [-0.39, 0.29) is 0 Å². The molecule has 0 saturated carbocycles. The fourth-order valence-corrected chi connectivity index (χ4v) is 1.39. The van der Waals surface area contributed by atoms with Crippen molar-refractivity contribution in [1.29, 1.82) is 0 Å². The highest BCUT2D eigenvalue weighted by Crippen LogP contribution is 2.28. The Morgan fingerprint density at radius 1 is 1.75 bits per heavy atom. The van der Waals surface area contributed by atoms with Crippen molar-refractivity contribution in [1.82, 2.24) is 0 Å². The normalized spacial score (nSPS) is 9.75. The van der Waals surface area contributed by atoms with Crippen molar-refractivity contribution in [2.45, 2.75) is 6.92 Å². The molecule has 0 radical (unpaired) electrons. The van der Waals surface area contributed by atoms with E-state index in [1.807, 2.05) is 12.3 Å². The van der Waals surface area contributed by atoms with Gasteiger partial charge in [0.2, 0.25) is 0 Å². The van der Waals surface area contributed by atoms with Gasteiger partial charge in [-0.15, -0.1) is 11.3 Å². The average Bonchev–Trinajstić information content (AvgIpc) is 1.98. The van der Waals surface area contributed by atoms with E-state index >= 15 is 0 Å². The Balaban J connectivity index is 3.19. The third kappa shape index (κ3) is 0.812. The number of nitrogen functional groups attached to an aromatic ring is 1. The molecule has 2 N–H and O–H groups in total. The molecule has 0 atom stereocenters. The van der Waals surface area contributed by atoms with Crippen LogP contribution < -0.4 is 5.73 Å². The smallest absolute Gasteiger partial charge is 0.105 e. The number of thiophene rings is 1. The maximum absolute atomic E-state index is 5.68. The minimum atomic E-state index is 0.704. The zero-order chi connectivity index (χ0) is 6.15. The standard InChI is InChI=1S/C5H6ClNS/c1-3-2-8-5(7)4(3)6/h2H,7H2,1H3. The van der Waals surface area contributed by atoms with Gasteiger partial charge in [-0.05, 0) is 17.9 Å². The van der Waals surface area contributed by atoms with Gasteiger partial charge in [-0.25, -0.2) is 0 Å². The Bertz CT molecular complexity index is 175. The van der Waals surface area contributed by atoms with E-state index in [0.717, 1.165) is 5.56 Å². The first-order valence-corrected chi connectivity index (χ1v) is 3.46. The third-order valence-electron chi connectivity index (χ3n) is 0.925. The van der Waals surface area contributed by atoms with Crippen LogP contribution in [0.25, 0.3) is 0 Å². The van der Waals surface area contributed by atoms with E-state index in [0.29, 0.717) is 10.0 Å². The van der Waals surface area contributed by atoms with Gasteiger partial charge in [0.15, 0.2) is 0 Å². The second-order valence-electron chi connectivity index (χ2n) is 1.60. The van der Waals surface area contributed by atoms with Crippen LogP contribution in [0.4, 0.5) is 5.00 Å². The summed E-state index contributed by atoms with van der Waals surface area (Å²) >= 11 is 7.16. The van der Waals surface area contributed by atoms with E-state index in [1.54, 1.807) is 0 Å². The summed E-state index contributed by atoms with van der Waals surface area (Å²) in [5, 5.41) is 3.36. The number of rotatable bonds is 0. The van der Waals surface area contributed by atoms with E-state index in [1.165, 1.54) is 11.3 Å². The van der Waals surface area contributed by atoms with Crippen molar-refractivity contribution in [3.8, 4) is 0 Å². The average molecular weight is 148 g/mol. The summed E-state index contributed by atoms with van der Waals surface area (Å²) in [6, 6.07) is 0. The van der Waals surface area contributed by atoms with Crippen molar-refractivity contribution in [3.63, 3.8) is 0 Å². The van der Waals surface area contributed by atoms with Crippen LogP contribution in [0, 0.1) is 6.92 Å². The molecule has 3 heteroatoms. The fourth-order valence-electron chi connectivity index (χ4n) is 0.450. The van der Waals surface area contributed by atoms with Gasteiger partial charge < -0.3 is 5.73 Å². The molecular weight excluding hydrogens is 142 g/mol. The van der Waals surface area contributed by atoms with Crippen LogP contribution in [0.5, 0.6) is 0 Å². The molecule has 44 valence electrons. The molecule has 1 nitrogen and oxygen atoms in total. The molecule has 0 aliphatic carbocycles. The monoisotopic (exact) mass is 147 g/mol. The lowest BCUT2D eigenvalue weighted by atomic mass is 10.4. The number of hydrogen-bond donors (Lipinski definition) is 1. The Hall–Kier alpha value is -0.210. The highest BCUT2D eigenvalue weighted by molar-refractivity contribution is 7.14. The topological polar surface area (TPSA) is 26.0 Å². The van der Waals surface area contributed by atoms with Crippen LogP contribution in [-0.4, -0.2) is 0 Å². The Labute approximate surface area is 57.1 Å². The second kappa shape index (κ2) is 1.96. The molecule has 1 aromatic heterocycles. The number of hydrogen-bond acceptors (Lipinski definition) is 2. The van der Waals surface area contributed by atoms with Crippen LogP contribution in [-0.2, 0) is 0 Å². The molecule has 0 aliphatic heterocycles. The van der Waals surface area contributed by atoms with Crippen LogP contribution in [0.15, 0.2) is 5.38 Å². The zero-order valence-corrected chi connectivity index (χ0v) is 6.01. The molecule has 1 aromatic rings. The van der Waals surface area contributed by atoms with Gasteiger partial charge >= 0.3 is 0 Å². The first-order chi connectivity index (χ1) is 3.72. The number of halogens is 1. The summed E-state index contributed by atoms with van der Waals surface area (Å²) in [6.07, 6.45) is 0. The van der Waals surface area contributed by atoms with Crippen molar-refractivity contribution in [2.24, 2.45) is 0 Å². The summed E-state index contributed by atoms with van der Waals surface area (Å²) in [5.41, 5.74) is 6.49. The first kappa shape index (κ1) is 5.92. The van der Waals surface area contributed by atoms with Crippen LogP contribution >= 0.6 is 22.9 Å². The lowest BCUT2D eigenvalue weighted by molar-refractivity contribution is 1.56. The minimum Gasteiger partial charge on any atom is -0.389 e. The van der Waals surface area contributed by atoms with Gasteiger partial charge in [-0.2, -0.15) is 0 Å². The summed E-state index contributed by atoms with van der Waals surface area (Å²) in [7, 11) is 0. The summed E-state index contributed by atoms with van der Waals surface area (Å²) in [4.78, 5) is 0. The molecule has 0 saturated heterocycles. The van der Waals surface area contributed by atoms with Crippen LogP contribution in [0.2, 0.25) is 5.02 Å². The lowest BCUT2D eigenvalue weighted by Crippen LogP contribution is -1.77. The number of aryl methyl sites for hydroxylation is 1. The van der Waals surface area contributed by atoms with Crippen molar-refractivity contribution >= 4 is 27.9 Å². The van der Waals surface area contributed by atoms with Gasteiger partial charge in [-0.3, -0.25) is 0 Å². The van der Waals surface area contributed by atoms with Crippen molar-refractivity contribution in [3.05, 3.63) is 16.0 Å². The predicted octanol–water partition coefficient (Wildman–Crippen LogP) is 2.29. The summed E-state index contributed by atoms with van der Waals surface area (Å²) < 4.78 is 0. The molecule has 0 aromatic carbocycles. The fraction of sp³-hybridized carbons (Fsp3) is 0.200. The minimum absolute atomic E-state index is 0.704. The van der Waals surface area contributed by atoms with Crippen LogP contribution in [0.3, 0.4) is 0 Å². The molecule has 1 rings (SSSR count). The van der Waals surface area contributed by atoms with Gasteiger partial charge in [0.25, 0.3) is 0 Å². The quantitative estimate of drug-likeness (QED) is 0.599. The highest BCUT2D eigenvalue weighted by atomic mass is 35.5. The van der Waals surface area contributed by atoms with Gasteiger partial charge in [0.05, 0.1) is 5.02 Å². The summed E-state index contributed by atoms with van der Waals surface area (Å²) in [6.45, 7) is 1.94. The molecule has 8 heavy (non-hydrogen) atoms. The molecule has 1 heterocycles. The van der Waals surface area contributed by atoms with Gasteiger partial charge in [0, 0.05) is 0 Å². The largest absolute Gasteiger partial charge is 0.389 e. The summed E-state index contributed by atoms with van der Waals surface area (Å²) in [5.74, 6) is 0.